The summed E-state index contributed by atoms with van der Waals surface area (Å²) in [5.41, 5.74) is 3.17. The van der Waals surface area contributed by atoms with Gasteiger partial charge in [0.2, 0.25) is 0 Å². The van der Waals surface area contributed by atoms with E-state index in [9.17, 15) is 9.59 Å². The SMILES string of the molecule is Cc1ccc(C(=O)Nc2ccc3[nH]c(C)cc3c2)c(=O)[nH]1. The van der Waals surface area contributed by atoms with Crippen LogP contribution in [0.1, 0.15) is 21.7 Å². The van der Waals surface area contributed by atoms with Gasteiger partial charge in [-0.15, -0.1) is 0 Å². The van der Waals surface area contributed by atoms with Gasteiger partial charge in [-0.05, 0) is 50.2 Å². The van der Waals surface area contributed by atoms with E-state index in [1.807, 2.05) is 25.1 Å². The maximum Gasteiger partial charge on any atom is 0.261 e. The molecule has 3 rings (SSSR count). The molecule has 0 aliphatic carbocycles. The Morgan fingerprint density at radius 1 is 1.00 bits per heavy atom. The molecule has 0 unspecified atom stereocenters. The molecule has 21 heavy (non-hydrogen) atoms. The topological polar surface area (TPSA) is 77.8 Å². The van der Waals surface area contributed by atoms with Gasteiger partial charge in [-0.3, -0.25) is 9.59 Å². The fourth-order valence-corrected chi connectivity index (χ4v) is 2.30. The number of hydrogen-bond acceptors (Lipinski definition) is 2. The fourth-order valence-electron chi connectivity index (χ4n) is 2.30. The van der Waals surface area contributed by atoms with Gasteiger partial charge < -0.3 is 15.3 Å². The number of rotatable bonds is 2. The first-order chi connectivity index (χ1) is 10.0. The molecule has 106 valence electrons. The minimum Gasteiger partial charge on any atom is -0.359 e. The lowest BCUT2D eigenvalue weighted by Crippen LogP contribution is -2.23. The van der Waals surface area contributed by atoms with Crippen LogP contribution in [0.25, 0.3) is 10.9 Å². The number of amides is 1. The van der Waals surface area contributed by atoms with Gasteiger partial charge in [-0.1, -0.05) is 0 Å². The number of aromatic nitrogens is 2. The van der Waals surface area contributed by atoms with Gasteiger partial charge in [-0.25, -0.2) is 0 Å². The number of carbonyl (C=O) groups is 1. The molecule has 2 heterocycles. The Balaban J connectivity index is 1.90. The van der Waals surface area contributed by atoms with E-state index in [2.05, 4.69) is 15.3 Å². The molecule has 0 fully saturated rings. The molecular weight excluding hydrogens is 266 g/mol. The number of carbonyl (C=O) groups excluding carboxylic acids is 1. The Labute approximate surface area is 121 Å². The first-order valence-electron chi connectivity index (χ1n) is 6.63. The summed E-state index contributed by atoms with van der Waals surface area (Å²) >= 11 is 0. The second-order valence-electron chi connectivity index (χ2n) is 5.09. The highest BCUT2D eigenvalue weighted by Crippen LogP contribution is 2.20. The van der Waals surface area contributed by atoms with E-state index >= 15 is 0 Å². The Bertz CT molecular complexity index is 890. The summed E-state index contributed by atoms with van der Waals surface area (Å²) in [6.07, 6.45) is 0. The summed E-state index contributed by atoms with van der Waals surface area (Å²) in [7, 11) is 0. The fraction of sp³-hybridized carbons (Fsp3) is 0.125. The number of aryl methyl sites for hydroxylation is 2. The molecular formula is C16H15N3O2. The van der Waals surface area contributed by atoms with Crippen LogP contribution >= 0.6 is 0 Å². The Morgan fingerprint density at radius 2 is 1.81 bits per heavy atom. The van der Waals surface area contributed by atoms with Crippen LogP contribution in [0.15, 0.2) is 41.2 Å². The monoisotopic (exact) mass is 281 g/mol. The summed E-state index contributed by atoms with van der Waals surface area (Å²) in [6.45, 7) is 3.75. The molecule has 0 saturated heterocycles. The predicted octanol–water partition coefficient (Wildman–Crippen LogP) is 2.73. The Kier molecular flexibility index (Phi) is 3.10. The molecule has 2 aromatic heterocycles. The van der Waals surface area contributed by atoms with Gasteiger partial charge in [0.1, 0.15) is 5.56 Å². The van der Waals surface area contributed by atoms with E-state index in [-0.39, 0.29) is 11.1 Å². The highest BCUT2D eigenvalue weighted by Gasteiger charge is 2.11. The van der Waals surface area contributed by atoms with Crippen molar-refractivity contribution in [1.29, 1.82) is 0 Å². The van der Waals surface area contributed by atoms with Crippen molar-refractivity contribution in [1.82, 2.24) is 9.97 Å². The summed E-state index contributed by atoms with van der Waals surface area (Å²) in [5.74, 6) is -0.414. The Hall–Kier alpha value is -2.82. The zero-order valence-corrected chi connectivity index (χ0v) is 11.8. The lowest BCUT2D eigenvalue weighted by molar-refractivity contribution is 0.102. The standard InChI is InChI=1S/C16H15N3O2/c1-9-3-5-13(15(20)18-9)16(21)19-12-4-6-14-11(8-12)7-10(2)17-14/h3-8,17H,1-2H3,(H,18,20)(H,19,21). The van der Waals surface area contributed by atoms with Gasteiger partial charge in [0.25, 0.3) is 11.5 Å². The van der Waals surface area contributed by atoms with Crippen LogP contribution in [0.3, 0.4) is 0 Å². The minimum atomic E-state index is -0.414. The predicted molar refractivity (Wildman–Crippen MR) is 82.8 cm³/mol. The van der Waals surface area contributed by atoms with Crippen molar-refractivity contribution in [2.24, 2.45) is 0 Å². The van der Waals surface area contributed by atoms with Gasteiger partial charge in [0, 0.05) is 28.0 Å². The lowest BCUT2D eigenvalue weighted by atomic mass is 10.2. The number of anilines is 1. The molecule has 0 saturated carbocycles. The van der Waals surface area contributed by atoms with Gasteiger partial charge in [-0.2, -0.15) is 0 Å². The third-order valence-electron chi connectivity index (χ3n) is 3.31. The van der Waals surface area contributed by atoms with Crippen LogP contribution in [0.2, 0.25) is 0 Å². The minimum absolute atomic E-state index is 0.103. The second kappa shape index (κ2) is 4.94. The van der Waals surface area contributed by atoms with Gasteiger partial charge >= 0.3 is 0 Å². The van der Waals surface area contributed by atoms with E-state index in [0.29, 0.717) is 5.69 Å². The molecule has 0 radical (unpaired) electrons. The highest BCUT2D eigenvalue weighted by atomic mass is 16.2. The summed E-state index contributed by atoms with van der Waals surface area (Å²) < 4.78 is 0. The van der Waals surface area contributed by atoms with E-state index in [1.54, 1.807) is 19.1 Å². The number of benzene rings is 1. The van der Waals surface area contributed by atoms with Gasteiger partial charge in [0.15, 0.2) is 0 Å². The smallest absolute Gasteiger partial charge is 0.261 e. The first kappa shape index (κ1) is 13.2. The number of aromatic amines is 2. The quantitative estimate of drug-likeness (QED) is 0.675. The third kappa shape index (κ3) is 2.58. The van der Waals surface area contributed by atoms with Crippen LogP contribution in [-0.2, 0) is 0 Å². The van der Waals surface area contributed by atoms with Crippen molar-refractivity contribution in [2.75, 3.05) is 5.32 Å². The number of H-pyrrole nitrogens is 2. The van der Waals surface area contributed by atoms with Crippen molar-refractivity contribution in [3.05, 3.63) is 63.7 Å². The number of fused-ring (bicyclic) bond motifs is 1. The maximum atomic E-state index is 12.1. The van der Waals surface area contributed by atoms with Gasteiger partial charge in [0.05, 0.1) is 0 Å². The average molecular weight is 281 g/mol. The van der Waals surface area contributed by atoms with Crippen molar-refractivity contribution < 1.29 is 4.79 Å². The summed E-state index contributed by atoms with van der Waals surface area (Å²) in [5, 5.41) is 3.76. The van der Waals surface area contributed by atoms with E-state index in [1.165, 1.54) is 6.07 Å². The van der Waals surface area contributed by atoms with Crippen molar-refractivity contribution in [3.63, 3.8) is 0 Å². The Morgan fingerprint density at radius 3 is 2.57 bits per heavy atom. The zero-order valence-electron chi connectivity index (χ0n) is 11.8. The lowest BCUT2D eigenvalue weighted by Gasteiger charge is -2.05. The largest absolute Gasteiger partial charge is 0.359 e. The molecule has 0 bridgehead atoms. The van der Waals surface area contributed by atoms with Crippen LogP contribution in [0.4, 0.5) is 5.69 Å². The molecule has 5 nitrogen and oxygen atoms in total. The molecule has 0 aliphatic rings. The molecule has 3 N–H and O–H groups in total. The van der Waals surface area contributed by atoms with E-state index in [4.69, 9.17) is 0 Å². The number of pyridine rings is 1. The highest BCUT2D eigenvalue weighted by molar-refractivity contribution is 6.04. The maximum absolute atomic E-state index is 12.1. The molecule has 0 spiro atoms. The average Bonchev–Trinajstić information content (AvgIpc) is 2.77. The molecule has 1 amide bonds. The van der Waals surface area contributed by atoms with E-state index in [0.717, 1.165) is 22.3 Å². The molecule has 1 aromatic carbocycles. The summed E-state index contributed by atoms with van der Waals surface area (Å²) in [6, 6.07) is 10.8. The molecule has 5 heteroatoms. The van der Waals surface area contributed by atoms with Crippen LogP contribution in [0, 0.1) is 13.8 Å². The van der Waals surface area contributed by atoms with Crippen LogP contribution in [0.5, 0.6) is 0 Å². The van der Waals surface area contributed by atoms with Crippen molar-refractivity contribution >= 4 is 22.5 Å². The van der Waals surface area contributed by atoms with Crippen molar-refractivity contribution in [3.8, 4) is 0 Å². The normalized spacial score (nSPS) is 10.8. The molecule has 3 aromatic rings. The van der Waals surface area contributed by atoms with Crippen LogP contribution in [-0.4, -0.2) is 15.9 Å². The van der Waals surface area contributed by atoms with Crippen LogP contribution < -0.4 is 10.9 Å². The number of nitrogens with one attached hydrogen (secondary N) is 3. The molecule has 0 atom stereocenters. The first-order valence-corrected chi connectivity index (χ1v) is 6.63. The zero-order chi connectivity index (χ0) is 15.0. The van der Waals surface area contributed by atoms with Crippen molar-refractivity contribution in [2.45, 2.75) is 13.8 Å². The number of hydrogen-bond donors (Lipinski definition) is 3. The van der Waals surface area contributed by atoms with E-state index < -0.39 is 5.91 Å². The second-order valence-corrected chi connectivity index (χ2v) is 5.09. The third-order valence-corrected chi connectivity index (χ3v) is 3.31. The molecule has 0 aliphatic heterocycles. The summed E-state index contributed by atoms with van der Waals surface area (Å²) in [4.78, 5) is 29.7.